The molecule has 2 amide bonds. The molecule has 1 heterocycles. The average molecular weight is 308 g/mol. The Morgan fingerprint density at radius 2 is 2.14 bits per heavy atom. The van der Waals surface area contributed by atoms with Gasteiger partial charge in [0.1, 0.15) is 0 Å². The number of hydrogen-bond acceptors (Lipinski definition) is 3. The van der Waals surface area contributed by atoms with Gasteiger partial charge in [-0.25, -0.2) is 4.79 Å². The second kappa shape index (κ2) is 8.95. The van der Waals surface area contributed by atoms with Crippen molar-refractivity contribution < 1.29 is 9.90 Å². The van der Waals surface area contributed by atoms with Crippen molar-refractivity contribution in [3.8, 4) is 0 Å². The number of benzene rings is 1. The Morgan fingerprint density at radius 3 is 2.81 bits per heavy atom. The monoisotopic (exact) mass is 308 g/mol. The fourth-order valence-electron chi connectivity index (χ4n) is 2.56. The van der Waals surface area contributed by atoms with E-state index in [0.29, 0.717) is 18.2 Å². The van der Waals surface area contributed by atoms with E-state index in [-0.39, 0.29) is 18.6 Å². The van der Waals surface area contributed by atoms with E-state index in [1.807, 2.05) is 42.1 Å². The molecule has 1 aromatic rings. The standard InChI is InChI=1S/C16H24N2O2S/c19-9-8-14(13-5-2-1-3-6-13)11-17-16(20)18-12-15-7-4-10-21-15/h1-3,5-6,14-15,19H,4,7-12H2,(H2,17,18,20). The third-order valence-electron chi connectivity index (χ3n) is 3.77. The van der Waals surface area contributed by atoms with E-state index in [1.165, 1.54) is 18.6 Å². The van der Waals surface area contributed by atoms with Gasteiger partial charge in [0.15, 0.2) is 0 Å². The van der Waals surface area contributed by atoms with Crippen LogP contribution in [0.2, 0.25) is 0 Å². The molecule has 1 saturated heterocycles. The van der Waals surface area contributed by atoms with Crippen LogP contribution in [-0.4, -0.2) is 41.8 Å². The van der Waals surface area contributed by atoms with E-state index in [1.54, 1.807) is 0 Å². The highest BCUT2D eigenvalue weighted by Gasteiger charge is 2.17. The summed E-state index contributed by atoms with van der Waals surface area (Å²) in [6, 6.07) is 9.90. The summed E-state index contributed by atoms with van der Waals surface area (Å²) in [7, 11) is 0. The van der Waals surface area contributed by atoms with Gasteiger partial charge in [0.2, 0.25) is 0 Å². The Balaban J connectivity index is 1.74. The number of carbonyl (C=O) groups excluding carboxylic acids is 1. The minimum atomic E-state index is -0.110. The molecule has 0 saturated carbocycles. The number of nitrogens with one attached hydrogen (secondary N) is 2. The fourth-order valence-corrected chi connectivity index (χ4v) is 3.76. The van der Waals surface area contributed by atoms with Gasteiger partial charge in [0, 0.05) is 30.9 Å². The number of aliphatic hydroxyl groups is 1. The lowest BCUT2D eigenvalue weighted by atomic mass is 9.96. The summed E-state index contributed by atoms with van der Waals surface area (Å²) in [6.45, 7) is 1.42. The lowest BCUT2D eigenvalue weighted by Crippen LogP contribution is -2.40. The number of thioether (sulfide) groups is 1. The van der Waals surface area contributed by atoms with Crippen molar-refractivity contribution in [2.45, 2.75) is 30.4 Å². The molecule has 1 fully saturated rings. The first-order chi connectivity index (χ1) is 10.3. The summed E-state index contributed by atoms with van der Waals surface area (Å²) in [4.78, 5) is 11.8. The molecule has 3 N–H and O–H groups in total. The quantitative estimate of drug-likeness (QED) is 0.724. The minimum absolute atomic E-state index is 0.110. The molecule has 4 nitrogen and oxygen atoms in total. The Kier molecular flexibility index (Phi) is 6.89. The molecule has 0 bridgehead atoms. The number of hydrogen-bond donors (Lipinski definition) is 3. The van der Waals surface area contributed by atoms with Crippen LogP contribution in [0.15, 0.2) is 30.3 Å². The predicted octanol–water partition coefficient (Wildman–Crippen LogP) is 2.35. The van der Waals surface area contributed by atoms with Gasteiger partial charge in [0.05, 0.1) is 0 Å². The van der Waals surface area contributed by atoms with E-state index < -0.39 is 0 Å². The fraction of sp³-hybridized carbons (Fsp3) is 0.562. The first kappa shape index (κ1) is 16.2. The van der Waals surface area contributed by atoms with Crippen LogP contribution in [0.1, 0.15) is 30.7 Å². The van der Waals surface area contributed by atoms with Crippen molar-refractivity contribution in [2.75, 3.05) is 25.4 Å². The molecular formula is C16H24N2O2S. The van der Waals surface area contributed by atoms with Gasteiger partial charge in [-0.2, -0.15) is 11.8 Å². The molecule has 2 rings (SSSR count). The normalized spacial score (nSPS) is 19.2. The summed E-state index contributed by atoms with van der Waals surface area (Å²) in [5.41, 5.74) is 1.15. The molecule has 0 aliphatic carbocycles. The van der Waals surface area contributed by atoms with Gasteiger partial charge in [-0.15, -0.1) is 0 Å². The van der Waals surface area contributed by atoms with Crippen molar-refractivity contribution in [1.82, 2.24) is 10.6 Å². The van der Waals surface area contributed by atoms with Gasteiger partial charge < -0.3 is 15.7 Å². The zero-order valence-corrected chi connectivity index (χ0v) is 13.1. The molecule has 5 heteroatoms. The van der Waals surface area contributed by atoms with Crippen LogP contribution in [0.5, 0.6) is 0 Å². The first-order valence-corrected chi connectivity index (χ1v) is 8.63. The van der Waals surface area contributed by atoms with Gasteiger partial charge in [-0.1, -0.05) is 30.3 Å². The van der Waals surface area contributed by atoms with Crippen molar-refractivity contribution in [3.63, 3.8) is 0 Å². The number of amides is 2. The van der Waals surface area contributed by atoms with E-state index in [9.17, 15) is 9.90 Å². The molecule has 2 unspecified atom stereocenters. The predicted molar refractivity (Wildman–Crippen MR) is 87.8 cm³/mol. The van der Waals surface area contributed by atoms with Crippen LogP contribution < -0.4 is 10.6 Å². The first-order valence-electron chi connectivity index (χ1n) is 7.58. The minimum Gasteiger partial charge on any atom is -0.396 e. The topological polar surface area (TPSA) is 61.4 Å². The summed E-state index contributed by atoms with van der Waals surface area (Å²) in [6.07, 6.45) is 3.11. The van der Waals surface area contributed by atoms with Crippen molar-refractivity contribution in [2.24, 2.45) is 0 Å². The van der Waals surface area contributed by atoms with Gasteiger partial charge >= 0.3 is 6.03 Å². The van der Waals surface area contributed by atoms with Crippen LogP contribution in [0.3, 0.4) is 0 Å². The highest BCUT2D eigenvalue weighted by molar-refractivity contribution is 8.00. The zero-order chi connectivity index (χ0) is 14.9. The zero-order valence-electron chi connectivity index (χ0n) is 12.3. The van der Waals surface area contributed by atoms with Gasteiger partial charge in [0.25, 0.3) is 0 Å². The smallest absolute Gasteiger partial charge is 0.314 e. The van der Waals surface area contributed by atoms with Crippen LogP contribution in [0, 0.1) is 0 Å². The largest absolute Gasteiger partial charge is 0.396 e. The van der Waals surface area contributed by atoms with Crippen LogP contribution in [-0.2, 0) is 0 Å². The maximum atomic E-state index is 11.8. The molecular weight excluding hydrogens is 284 g/mol. The molecule has 1 aromatic carbocycles. The van der Waals surface area contributed by atoms with E-state index >= 15 is 0 Å². The molecule has 0 spiro atoms. The van der Waals surface area contributed by atoms with Gasteiger partial charge in [-0.05, 0) is 30.6 Å². The summed E-state index contributed by atoms with van der Waals surface area (Å²) in [5.74, 6) is 1.36. The van der Waals surface area contributed by atoms with E-state index in [2.05, 4.69) is 10.6 Å². The molecule has 1 aliphatic heterocycles. The number of aliphatic hydroxyl groups excluding tert-OH is 1. The Bertz CT molecular complexity index is 422. The third kappa shape index (κ3) is 5.59. The highest BCUT2D eigenvalue weighted by atomic mass is 32.2. The molecule has 0 aromatic heterocycles. The molecule has 21 heavy (non-hydrogen) atoms. The average Bonchev–Trinajstić information content (AvgIpc) is 3.03. The molecule has 1 aliphatic rings. The van der Waals surface area contributed by atoms with Crippen LogP contribution >= 0.6 is 11.8 Å². The lowest BCUT2D eigenvalue weighted by molar-refractivity contribution is 0.237. The van der Waals surface area contributed by atoms with Crippen molar-refractivity contribution in [3.05, 3.63) is 35.9 Å². The summed E-state index contributed by atoms with van der Waals surface area (Å²) in [5, 5.41) is 15.6. The van der Waals surface area contributed by atoms with E-state index in [0.717, 1.165) is 12.1 Å². The Morgan fingerprint density at radius 1 is 1.33 bits per heavy atom. The van der Waals surface area contributed by atoms with Crippen LogP contribution in [0.4, 0.5) is 4.79 Å². The molecule has 116 valence electrons. The Labute approximate surface area is 130 Å². The number of urea groups is 1. The van der Waals surface area contributed by atoms with Crippen molar-refractivity contribution >= 4 is 17.8 Å². The second-order valence-corrected chi connectivity index (χ2v) is 6.75. The number of rotatable bonds is 7. The SMILES string of the molecule is O=C(NCC1CCCS1)NCC(CCO)c1ccccc1. The number of carbonyl (C=O) groups is 1. The van der Waals surface area contributed by atoms with Crippen molar-refractivity contribution in [1.29, 1.82) is 0 Å². The highest BCUT2D eigenvalue weighted by Crippen LogP contribution is 2.25. The third-order valence-corrected chi connectivity index (χ3v) is 5.17. The van der Waals surface area contributed by atoms with Crippen LogP contribution in [0.25, 0.3) is 0 Å². The maximum absolute atomic E-state index is 11.8. The second-order valence-electron chi connectivity index (χ2n) is 5.35. The lowest BCUT2D eigenvalue weighted by Gasteiger charge is -2.18. The Hall–Kier alpha value is -1.20. The van der Waals surface area contributed by atoms with E-state index in [4.69, 9.17) is 0 Å². The maximum Gasteiger partial charge on any atom is 0.314 e. The molecule has 2 atom stereocenters. The summed E-state index contributed by atoms with van der Waals surface area (Å²) < 4.78 is 0. The molecule has 0 radical (unpaired) electrons. The van der Waals surface area contributed by atoms with Gasteiger partial charge in [-0.3, -0.25) is 0 Å². The summed E-state index contributed by atoms with van der Waals surface area (Å²) >= 11 is 1.94.